The Balaban J connectivity index is 1.77. The number of ether oxygens (including phenoxy) is 1. The van der Waals surface area contributed by atoms with Gasteiger partial charge in [0.15, 0.2) is 0 Å². The Morgan fingerprint density at radius 1 is 1.32 bits per heavy atom. The van der Waals surface area contributed by atoms with Crippen LogP contribution in [0.1, 0.15) is 32.3 Å². The maximum absolute atomic E-state index is 5.52. The highest BCUT2D eigenvalue weighted by molar-refractivity contribution is 8.00. The number of hydrogen-bond acceptors (Lipinski definition) is 3. The third-order valence-electron chi connectivity index (χ3n) is 3.23. The summed E-state index contributed by atoms with van der Waals surface area (Å²) in [7, 11) is 0. The molecule has 1 aromatic rings. The molecule has 2 nitrogen and oxygen atoms in total. The second kappa shape index (κ2) is 7.93. The van der Waals surface area contributed by atoms with Crippen LogP contribution in [-0.2, 0) is 11.3 Å². The van der Waals surface area contributed by atoms with E-state index < -0.39 is 0 Å². The molecule has 1 saturated heterocycles. The molecule has 0 amide bonds. The minimum absolute atomic E-state index is 0.638. The van der Waals surface area contributed by atoms with Crippen molar-refractivity contribution >= 4 is 11.8 Å². The summed E-state index contributed by atoms with van der Waals surface area (Å²) in [4.78, 5) is 1.36. The fraction of sp³-hybridized carbons (Fsp3) is 0.625. The van der Waals surface area contributed by atoms with Gasteiger partial charge in [-0.1, -0.05) is 26.0 Å². The van der Waals surface area contributed by atoms with Crippen molar-refractivity contribution in [1.29, 1.82) is 0 Å². The molecule has 106 valence electrons. The van der Waals surface area contributed by atoms with Gasteiger partial charge in [0.25, 0.3) is 0 Å². The van der Waals surface area contributed by atoms with Gasteiger partial charge in [0.2, 0.25) is 0 Å². The Kier molecular flexibility index (Phi) is 6.21. The first-order valence-corrected chi connectivity index (χ1v) is 8.16. The van der Waals surface area contributed by atoms with Crippen LogP contribution in [0.25, 0.3) is 0 Å². The highest BCUT2D eigenvalue weighted by Gasteiger charge is 2.14. The molecule has 0 aromatic heterocycles. The van der Waals surface area contributed by atoms with E-state index in [1.54, 1.807) is 0 Å². The van der Waals surface area contributed by atoms with Gasteiger partial charge in [0.1, 0.15) is 0 Å². The maximum Gasteiger partial charge on any atom is 0.0588 e. The number of benzene rings is 1. The van der Waals surface area contributed by atoms with E-state index in [9.17, 15) is 0 Å². The molecule has 1 heterocycles. The Morgan fingerprint density at radius 2 is 2.11 bits per heavy atom. The summed E-state index contributed by atoms with van der Waals surface area (Å²) in [5.74, 6) is 0.709. The topological polar surface area (TPSA) is 21.3 Å². The molecule has 2 rings (SSSR count). The second-order valence-electron chi connectivity index (χ2n) is 5.63. The van der Waals surface area contributed by atoms with Crippen molar-refractivity contribution < 1.29 is 4.74 Å². The molecule has 1 N–H and O–H groups in total. The van der Waals surface area contributed by atoms with Crippen LogP contribution in [0.4, 0.5) is 0 Å². The Bertz CT molecular complexity index is 358. The molecule has 19 heavy (non-hydrogen) atoms. The van der Waals surface area contributed by atoms with Crippen molar-refractivity contribution in [3.8, 4) is 0 Å². The monoisotopic (exact) mass is 279 g/mol. The predicted molar refractivity (Wildman–Crippen MR) is 82.7 cm³/mol. The van der Waals surface area contributed by atoms with Gasteiger partial charge in [-0.15, -0.1) is 11.8 Å². The lowest BCUT2D eigenvalue weighted by molar-refractivity contribution is 0.101. The van der Waals surface area contributed by atoms with E-state index in [1.807, 2.05) is 11.8 Å². The van der Waals surface area contributed by atoms with Crippen LogP contribution in [0.2, 0.25) is 0 Å². The minimum atomic E-state index is 0.638. The summed E-state index contributed by atoms with van der Waals surface area (Å²) < 4.78 is 5.52. The van der Waals surface area contributed by atoms with E-state index >= 15 is 0 Å². The average molecular weight is 279 g/mol. The number of nitrogens with one attached hydrogen (secondary N) is 1. The van der Waals surface area contributed by atoms with E-state index in [0.717, 1.165) is 26.3 Å². The summed E-state index contributed by atoms with van der Waals surface area (Å²) in [6, 6.07) is 8.95. The van der Waals surface area contributed by atoms with Crippen LogP contribution in [-0.4, -0.2) is 25.0 Å². The molecular formula is C16H25NOS. The fourth-order valence-electron chi connectivity index (χ4n) is 2.19. The lowest BCUT2D eigenvalue weighted by atomic mass is 10.2. The molecule has 1 aromatic carbocycles. The zero-order chi connectivity index (χ0) is 13.5. The SMILES string of the molecule is CC(C)CNCc1ccc(SC2CCCOC2)cc1. The molecule has 1 fully saturated rings. The van der Waals surface area contributed by atoms with E-state index in [0.29, 0.717) is 11.2 Å². The van der Waals surface area contributed by atoms with Crippen LogP contribution < -0.4 is 5.32 Å². The standard InChI is InChI=1S/C16H25NOS/c1-13(2)10-17-11-14-5-7-15(8-6-14)19-16-4-3-9-18-12-16/h5-8,13,16-17H,3-4,9-12H2,1-2H3. The van der Waals surface area contributed by atoms with Crippen molar-refractivity contribution in [3.05, 3.63) is 29.8 Å². The molecule has 1 unspecified atom stereocenters. The summed E-state index contributed by atoms with van der Waals surface area (Å²) >= 11 is 1.96. The van der Waals surface area contributed by atoms with Gasteiger partial charge >= 0.3 is 0 Å². The zero-order valence-electron chi connectivity index (χ0n) is 12.0. The van der Waals surface area contributed by atoms with Crippen molar-refractivity contribution in [3.63, 3.8) is 0 Å². The van der Waals surface area contributed by atoms with Crippen molar-refractivity contribution in [2.75, 3.05) is 19.8 Å². The molecule has 1 aliphatic heterocycles. The smallest absolute Gasteiger partial charge is 0.0588 e. The summed E-state index contributed by atoms with van der Waals surface area (Å²) in [5.41, 5.74) is 1.37. The largest absolute Gasteiger partial charge is 0.380 e. The Hall–Kier alpha value is -0.510. The molecule has 0 radical (unpaired) electrons. The van der Waals surface area contributed by atoms with Gasteiger partial charge in [-0.05, 0) is 43.0 Å². The summed E-state index contributed by atoms with van der Waals surface area (Å²) in [5, 5.41) is 4.11. The van der Waals surface area contributed by atoms with Gasteiger partial charge in [0, 0.05) is 23.3 Å². The number of rotatable bonds is 6. The van der Waals surface area contributed by atoms with E-state index in [-0.39, 0.29) is 0 Å². The molecule has 1 aliphatic rings. The third-order valence-corrected chi connectivity index (χ3v) is 4.48. The summed E-state index contributed by atoms with van der Waals surface area (Å²) in [6.07, 6.45) is 2.48. The zero-order valence-corrected chi connectivity index (χ0v) is 12.8. The molecule has 0 aliphatic carbocycles. The first kappa shape index (κ1) is 14.9. The van der Waals surface area contributed by atoms with Gasteiger partial charge in [-0.25, -0.2) is 0 Å². The van der Waals surface area contributed by atoms with Crippen LogP contribution in [0.3, 0.4) is 0 Å². The van der Waals surface area contributed by atoms with Gasteiger partial charge in [0.05, 0.1) is 6.61 Å². The highest BCUT2D eigenvalue weighted by Crippen LogP contribution is 2.28. The molecule has 1 atom stereocenters. The Morgan fingerprint density at radius 3 is 2.74 bits per heavy atom. The molecule has 0 spiro atoms. The molecule has 0 bridgehead atoms. The van der Waals surface area contributed by atoms with E-state index in [2.05, 4.69) is 43.4 Å². The second-order valence-corrected chi connectivity index (χ2v) is 7.00. The van der Waals surface area contributed by atoms with Crippen LogP contribution in [0, 0.1) is 5.92 Å². The van der Waals surface area contributed by atoms with Crippen LogP contribution in [0.15, 0.2) is 29.2 Å². The predicted octanol–water partition coefficient (Wildman–Crippen LogP) is 3.70. The lowest BCUT2D eigenvalue weighted by Gasteiger charge is -2.21. The number of hydrogen-bond donors (Lipinski definition) is 1. The van der Waals surface area contributed by atoms with Gasteiger partial charge < -0.3 is 10.1 Å². The quantitative estimate of drug-likeness (QED) is 0.858. The fourth-order valence-corrected chi connectivity index (χ4v) is 3.31. The van der Waals surface area contributed by atoms with Gasteiger partial charge in [-0.2, -0.15) is 0 Å². The van der Waals surface area contributed by atoms with Crippen molar-refractivity contribution in [2.45, 2.75) is 43.4 Å². The molecular weight excluding hydrogens is 254 g/mol. The van der Waals surface area contributed by atoms with E-state index in [4.69, 9.17) is 4.74 Å². The average Bonchev–Trinajstić information content (AvgIpc) is 2.42. The third kappa shape index (κ3) is 5.55. The van der Waals surface area contributed by atoms with Crippen molar-refractivity contribution in [2.24, 2.45) is 5.92 Å². The normalized spacial score (nSPS) is 19.8. The first-order valence-electron chi connectivity index (χ1n) is 7.28. The van der Waals surface area contributed by atoms with Gasteiger partial charge in [-0.3, -0.25) is 0 Å². The van der Waals surface area contributed by atoms with E-state index in [1.165, 1.54) is 23.3 Å². The molecule has 0 saturated carbocycles. The highest BCUT2D eigenvalue weighted by atomic mass is 32.2. The van der Waals surface area contributed by atoms with Crippen LogP contribution >= 0.6 is 11.8 Å². The molecule has 3 heteroatoms. The minimum Gasteiger partial charge on any atom is -0.380 e. The van der Waals surface area contributed by atoms with Crippen LogP contribution in [0.5, 0.6) is 0 Å². The number of thioether (sulfide) groups is 1. The summed E-state index contributed by atoms with van der Waals surface area (Å²) in [6.45, 7) is 8.36. The van der Waals surface area contributed by atoms with Crippen molar-refractivity contribution in [1.82, 2.24) is 5.32 Å². The lowest BCUT2D eigenvalue weighted by Crippen LogP contribution is -2.19. The maximum atomic E-state index is 5.52. The Labute approximate surface area is 121 Å². The first-order chi connectivity index (χ1) is 9.24.